The number of aryl methyl sites for hydroxylation is 1. The van der Waals surface area contributed by atoms with Crippen LogP contribution < -0.4 is 5.32 Å². The minimum atomic E-state index is -3.09. The van der Waals surface area contributed by atoms with Gasteiger partial charge in [-0.25, -0.2) is 8.78 Å². The van der Waals surface area contributed by atoms with Gasteiger partial charge in [0.05, 0.1) is 24.7 Å². The number of rotatable bonds is 5. The van der Waals surface area contributed by atoms with Gasteiger partial charge in [0.15, 0.2) is 0 Å². The maximum absolute atomic E-state index is 13.5. The summed E-state index contributed by atoms with van der Waals surface area (Å²) in [5.41, 5.74) is 2.15. The van der Waals surface area contributed by atoms with Gasteiger partial charge in [-0.1, -0.05) is 23.7 Å². The smallest absolute Gasteiger partial charge is 0.268 e. The molecule has 0 bridgehead atoms. The first-order valence-electron chi connectivity index (χ1n) is 8.95. The van der Waals surface area contributed by atoms with Gasteiger partial charge in [-0.05, 0) is 30.7 Å². The van der Waals surface area contributed by atoms with Crippen molar-refractivity contribution < 1.29 is 18.4 Å². The summed E-state index contributed by atoms with van der Waals surface area (Å²) in [6.45, 7) is 1.10. The van der Waals surface area contributed by atoms with Crippen LogP contribution in [0, 0.1) is 18.3 Å². The van der Waals surface area contributed by atoms with Gasteiger partial charge in [-0.2, -0.15) is 5.26 Å². The van der Waals surface area contributed by atoms with Crippen molar-refractivity contribution in [3.05, 3.63) is 58.4 Å². The third-order valence-corrected chi connectivity index (χ3v) is 4.99. The summed E-state index contributed by atoms with van der Waals surface area (Å²) >= 11 is 5.99. The SMILES string of the molecule is Cc1cc(C(=O)NCC(=O)N2CC(F)(F)C[C@H]2C#N)cn1Cc1cccc(Cl)c1. The number of aromatic nitrogens is 1. The molecule has 0 unspecified atom stereocenters. The predicted molar refractivity (Wildman–Crippen MR) is 103 cm³/mol. The van der Waals surface area contributed by atoms with E-state index in [4.69, 9.17) is 16.9 Å². The maximum Gasteiger partial charge on any atom is 0.268 e. The Morgan fingerprint density at radius 1 is 1.38 bits per heavy atom. The Balaban J connectivity index is 1.61. The predicted octanol–water partition coefficient (Wildman–Crippen LogP) is 2.99. The van der Waals surface area contributed by atoms with Crippen molar-refractivity contribution in [3.63, 3.8) is 0 Å². The van der Waals surface area contributed by atoms with Crippen LogP contribution in [0.2, 0.25) is 5.02 Å². The Bertz CT molecular complexity index is 983. The number of hydrogen-bond donors (Lipinski definition) is 1. The molecule has 1 atom stereocenters. The minimum Gasteiger partial charge on any atom is -0.347 e. The number of nitriles is 1. The second kappa shape index (κ2) is 8.21. The average molecular weight is 421 g/mol. The van der Waals surface area contributed by atoms with Crippen LogP contribution in [-0.2, 0) is 11.3 Å². The van der Waals surface area contributed by atoms with Crippen LogP contribution in [0.5, 0.6) is 0 Å². The zero-order valence-electron chi connectivity index (χ0n) is 15.7. The van der Waals surface area contributed by atoms with E-state index in [2.05, 4.69) is 5.32 Å². The van der Waals surface area contributed by atoms with E-state index in [0.717, 1.165) is 16.2 Å². The van der Waals surface area contributed by atoms with Crippen molar-refractivity contribution in [1.29, 1.82) is 5.26 Å². The molecule has 2 amide bonds. The number of amides is 2. The van der Waals surface area contributed by atoms with Crippen molar-refractivity contribution in [1.82, 2.24) is 14.8 Å². The Morgan fingerprint density at radius 2 is 2.14 bits per heavy atom. The fourth-order valence-electron chi connectivity index (χ4n) is 3.30. The molecule has 2 heterocycles. The molecule has 9 heteroatoms. The summed E-state index contributed by atoms with van der Waals surface area (Å²) < 4.78 is 28.8. The third-order valence-electron chi connectivity index (χ3n) is 4.76. The highest BCUT2D eigenvalue weighted by molar-refractivity contribution is 6.30. The second-order valence-electron chi connectivity index (χ2n) is 7.04. The van der Waals surface area contributed by atoms with E-state index in [0.29, 0.717) is 17.1 Å². The fourth-order valence-corrected chi connectivity index (χ4v) is 3.51. The monoisotopic (exact) mass is 420 g/mol. The van der Waals surface area contributed by atoms with Crippen LogP contribution in [0.4, 0.5) is 8.78 Å². The Labute approximate surface area is 171 Å². The van der Waals surface area contributed by atoms with Gasteiger partial charge in [-0.3, -0.25) is 9.59 Å². The van der Waals surface area contributed by atoms with Gasteiger partial charge in [0.25, 0.3) is 11.8 Å². The van der Waals surface area contributed by atoms with Crippen molar-refractivity contribution >= 4 is 23.4 Å². The van der Waals surface area contributed by atoms with Crippen LogP contribution >= 0.6 is 11.6 Å². The molecule has 3 rings (SSSR count). The molecule has 1 aliphatic heterocycles. The quantitative estimate of drug-likeness (QED) is 0.807. The Hall–Kier alpha value is -2.92. The first-order chi connectivity index (χ1) is 13.7. The number of benzene rings is 1. The molecular weight excluding hydrogens is 402 g/mol. The van der Waals surface area contributed by atoms with E-state index in [1.165, 1.54) is 0 Å². The van der Waals surface area contributed by atoms with Crippen LogP contribution in [0.15, 0.2) is 36.5 Å². The molecule has 1 aliphatic rings. The zero-order valence-corrected chi connectivity index (χ0v) is 16.4. The number of carbonyl (C=O) groups excluding carboxylic acids is 2. The lowest BCUT2D eigenvalue weighted by Gasteiger charge is -2.19. The van der Waals surface area contributed by atoms with Gasteiger partial charge >= 0.3 is 0 Å². The molecule has 0 saturated carbocycles. The average Bonchev–Trinajstić information content (AvgIpc) is 3.18. The molecule has 0 aliphatic carbocycles. The molecule has 6 nitrogen and oxygen atoms in total. The fraction of sp³-hybridized carbons (Fsp3) is 0.350. The van der Waals surface area contributed by atoms with Gasteiger partial charge in [-0.15, -0.1) is 0 Å². The number of nitrogens with one attached hydrogen (secondary N) is 1. The van der Waals surface area contributed by atoms with E-state index in [-0.39, 0.29) is 0 Å². The van der Waals surface area contributed by atoms with E-state index >= 15 is 0 Å². The largest absolute Gasteiger partial charge is 0.347 e. The van der Waals surface area contributed by atoms with Gasteiger partial charge in [0, 0.05) is 29.9 Å². The van der Waals surface area contributed by atoms with Gasteiger partial charge in [0.2, 0.25) is 5.91 Å². The number of alkyl halides is 2. The molecule has 1 saturated heterocycles. The Kier molecular flexibility index (Phi) is 5.89. The van der Waals surface area contributed by atoms with E-state index in [1.807, 2.05) is 29.7 Å². The molecule has 1 aromatic heterocycles. The molecule has 0 radical (unpaired) electrons. The van der Waals surface area contributed by atoms with Crippen molar-refractivity contribution in [2.45, 2.75) is 31.9 Å². The summed E-state index contributed by atoms with van der Waals surface area (Å²) in [5, 5.41) is 12.0. The number of likely N-dealkylation sites (tertiary alicyclic amines) is 1. The second-order valence-corrected chi connectivity index (χ2v) is 7.47. The van der Waals surface area contributed by atoms with E-state index in [9.17, 15) is 18.4 Å². The topological polar surface area (TPSA) is 78.1 Å². The highest BCUT2D eigenvalue weighted by atomic mass is 35.5. The molecule has 0 spiro atoms. The van der Waals surface area contributed by atoms with Crippen LogP contribution in [0.1, 0.15) is 28.0 Å². The third kappa shape index (κ3) is 4.93. The van der Waals surface area contributed by atoms with Crippen LogP contribution in [-0.4, -0.2) is 46.3 Å². The van der Waals surface area contributed by atoms with E-state index < -0.39 is 43.3 Å². The number of hydrogen-bond acceptors (Lipinski definition) is 3. The number of carbonyl (C=O) groups is 2. The van der Waals surface area contributed by atoms with Crippen molar-refractivity contribution in [3.8, 4) is 6.07 Å². The number of halogens is 3. The zero-order chi connectivity index (χ0) is 21.2. The summed E-state index contributed by atoms with van der Waals surface area (Å²) in [6.07, 6.45) is 0.965. The highest BCUT2D eigenvalue weighted by Crippen LogP contribution is 2.31. The Morgan fingerprint density at radius 3 is 2.83 bits per heavy atom. The minimum absolute atomic E-state index is 0.348. The molecule has 2 aromatic rings. The molecule has 152 valence electrons. The van der Waals surface area contributed by atoms with Gasteiger partial charge in [0.1, 0.15) is 6.04 Å². The molecule has 1 N–H and O–H groups in total. The summed E-state index contributed by atoms with van der Waals surface area (Å²) in [5.74, 6) is -4.29. The molecule has 1 fully saturated rings. The van der Waals surface area contributed by atoms with Crippen LogP contribution in [0.25, 0.3) is 0 Å². The maximum atomic E-state index is 13.5. The van der Waals surface area contributed by atoms with Crippen molar-refractivity contribution in [2.75, 3.05) is 13.1 Å². The molecule has 1 aromatic carbocycles. The van der Waals surface area contributed by atoms with E-state index in [1.54, 1.807) is 24.4 Å². The van der Waals surface area contributed by atoms with Gasteiger partial charge < -0.3 is 14.8 Å². The molecule has 29 heavy (non-hydrogen) atoms. The lowest BCUT2D eigenvalue weighted by molar-refractivity contribution is -0.131. The standard InChI is InChI=1S/C20H19ClF2N4O2/c1-13-5-15(11-26(13)10-14-3-2-4-16(21)6-14)19(29)25-9-18(28)27-12-20(22,23)7-17(27)8-24/h2-6,11,17H,7,9-10,12H2,1H3,(H,25,29)/t17-/m0/s1. The number of nitrogens with zero attached hydrogens (tertiary/aromatic N) is 3. The summed E-state index contributed by atoms with van der Waals surface area (Å²) in [7, 11) is 0. The summed E-state index contributed by atoms with van der Waals surface area (Å²) in [4.78, 5) is 25.4. The normalized spacial score (nSPS) is 17.8. The first kappa shape index (κ1) is 20.8. The lowest BCUT2D eigenvalue weighted by atomic mass is 10.2. The van der Waals surface area contributed by atoms with Crippen molar-refractivity contribution in [2.24, 2.45) is 0 Å². The van der Waals surface area contributed by atoms with Crippen LogP contribution in [0.3, 0.4) is 0 Å². The lowest BCUT2D eigenvalue weighted by Crippen LogP contribution is -2.42. The first-order valence-corrected chi connectivity index (χ1v) is 9.32. The molecular formula is C20H19ClF2N4O2. The highest BCUT2D eigenvalue weighted by Gasteiger charge is 2.47. The summed E-state index contributed by atoms with van der Waals surface area (Å²) in [6, 6.07) is 9.56.